The van der Waals surface area contributed by atoms with Crippen LogP contribution in [0.5, 0.6) is 0 Å². The third kappa shape index (κ3) is 11.8. The molecule has 0 N–H and O–H groups in total. The molecule has 1 rings (SSSR count). The van der Waals surface area contributed by atoms with Crippen molar-refractivity contribution >= 4 is 28.6 Å². The monoisotopic (exact) mass is 426 g/mol. The predicted octanol–water partition coefficient (Wildman–Crippen LogP) is 6.49. The van der Waals surface area contributed by atoms with Crippen LogP contribution in [-0.4, -0.2) is 28.7 Å². The van der Waals surface area contributed by atoms with Crippen LogP contribution >= 0.6 is 11.8 Å². The van der Waals surface area contributed by atoms with Crippen molar-refractivity contribution in [3.05, 3.63) is 0 Å². The Morgan fingerprint density at radius 1 is 1.03 bits per heavy atom. The van der Waals surface area contributed by atoms with E-state index in [0.29, 0.717) is 30.0 Å². The Bertz CT molecular complexity index is 491. The molecule has 0 amide bonds. The Hall–Kier alpha value is -0.840. The molecule has 1 aliphatic rings. The smallest absolute Gasteiger partial charge is 0.305 e. The summed E-state index contributed by atoms with van der Waals surface area (Å²) in [5.41, 5.74) is 0. The van der Waals surface area contributed by atoms with Gasteiger partial charge in [-0.2, -0.15) is 0 Å². The fourth-order valence-corrected chi connectivity index (χ4v) is 5.47. The first kappa shape index (κ1) is 26.2. The number of carbonyl (C=O) groups excluding carboxylic acids is 3. The molecule has 1 fully saturated rings. The second-order valence-electron chi connectivity index (χ2n) is 8.43. The Kier molecular flexibility index (Phi) is 14.4. The van der Waals surface area contributed by atoms with E-state index in [0.717, 1.165) is 64.2 Å². The average Bonchev–Trinajstić information content (AvgIpc) is 3.02. The molecule has 0 bridgehead atoms. The third-order valence-corrected chi connectivity index (χ3v) is 7.15. The predicted molar refractivity (Wildman–Crippen MR) is 121 cm³/mol. The van der Waals surface area contributed by atoms with E-state index in [1.54, 1.807) is 6.92 Å². The van der Waals surface area contributed by atoms with Crippen molar-refractivity contribution < 1.29 is 19.1 Å². The lowest BCUT2D eigenvalue weighted by Crippen LogP contribution is -2.17. The lowest BCUT2D eigenvalue weighted by atomic mass is 9.86. The number of unbranched alkanes of at least 4 members (excludes halogenated alkanes) is 5. The molecule has 1 unspecified atom stereocenters. The fourth-order valence-electron chi connectivity index (χ4n) is 4.46. The Morgan fingerprint density at radius 3 is 2.48 bits per heavy atom. The first-order chi connectivity index (χ1) is 14.0. The number of hydrogen-bond donors (Lipinski definition) is 0. The summed E-state index contributed by atoms with van der Waals surface area (Å²) < 4.78 is 4.95. The van der Waals surface area contributed by atoms with E-state index < -0.39 is 0 Å². The maximum absolute atomic E-state index is 12.4. The molecule has 4 nitrogen and oxygen atoms in total. The zero-order valence-corrected chi connectivity index (χ0v) is 19.7. The molecule has 0 aromatic carbocycles. The van der Waals surface area contributed by atoms with Crippen molar-refractivity contribution in [3.63, 3.8) is 0 Å². The Labute approximate surface area is 182 Å². The highest BCUT2D eigenvalue weighted by molar-refractivity contribution is 8.14. The van der Waals surface area contributed by atoms with Crippen LogP contribution in [0.3, 0.4) is 0 Å². The zero-order valence-electron chi connectivity index (χ0n) is 18.9. The summed E-state index contributed by atoms with van der Waals surface area (Å²) in [7, 11) is 0. The number of rotatable bonds is 16. The summed E-state index contributed by atoms with van der Waals surface area (Å²) in [5, 5.41) is 0.631. The van der Waals surface area contributed by atoms with Gasteiger partial charge in [0.05, 0.1) is 6.61 Å². The van der Waals surface area contributed by atoms with E-state index in [1.165, 1.54) is 31.0 Å². The van der Waals surface area contributed by atoms with Gasteiger partial charge in [-0.05, 0) is 51.4 Å². The number of ether oxygens (including phenoxy) is 1. The number of carbonyl (C=O) groups is 3. The largest absolute Gasteiger partial charge is 0.466 e. The van der Waals surface area contributed by atoms with Gasteiger partial charge in [-0.25, -0.2) is 0 Å². The van der Waals surface area contributed by atoms with Gasteiger partial charge >= 0.3 is 5.97 Å². The van der Waals surface area contributed by atoms with Crippen molar-refractivity contribution in [3.8, 4) is 0 Å². The summed E-state index contributed by atoms with van der Waals surface area (Å²) in [6, 6.07) is 0. The van der Waals surface area contributed by atoms with Crippen molar-refractivity contribution in [2.75, 3.05) is 6.61 Å². The van der Waals surface area contributed by atoms with Crippen molar-refractivity contribution in [2.24, 2.45) is 11.8 Å². The molecule has 0 spiro atoms. The Balaban J connectivity index is 2.32. The second-order valence-corrected chi connectivity index (χ2v) is 9.91. The van der Waals surface area contributed by atoms with Gasteiger partial charge in [0.25, 0.3) is 0 Å². The normalized spacial score (nSPS) is 20.0. The summed E-state index contributed by atoms with van der Waals surface area (Å²) in [6.07, 6.45) is 14.2. The van der Waals surface area contributed by atoms with Crippen LogP contribution in [0.25, 0.3) is 0 Å². The molecule has 1 saturated carbocycles. The third-order valence-electron chi connectivity index (χ3n) is 6.02. The maximum Gasteiger partial charge on any atom is 0.305 e. The highest BCUT2D eigenvalue weighted by atomic mass is 32.2. The molecule has 0 aliphatic heterocycles. The van der Waals surface area contributed by atoms with Gasteiger partial charge in [-0.1, -0.05) is 57.2 Å². The van der Waals surface area contributed by atoms with Gasteiger partial charge in [0.15, 0.2) is 5.12 Å². The van der Waals surface area contributed by atoms with Gasteiger partial charge in [-0.3, -0.25) is 14.4 Å². The molecule has 5 heteroatoms. The maximum atomic E-state index is 12.4. The molecule has 0 aromatic rings. The first-order valence-electron chi connectivity index (χ1n) is 11.8. The van der Waals surface area contributed by atoms with Gasteiger partial charge in [0.2, 0.25) is 0 Å². The molecular formula is C24H42O4S. The van der Waals surface area contributed by atoms with Gasteiger partial charge in [-0.15, -0.1) is 0 Å². The molecule has 0 aromatic heterocycles. The minimum absolute atomic E-state index is 0.101. The van der Waals surface area contributed by atoms with Crippen LogP contribution in [0.2, 0.25) is 0 Å². The van der Waals surface area contributed by atoms with E-state index in [4.69, 9.17) is 4.74 Å². The SMILES string of the molecule is CCCCCC(CC[C@H]1CCC(=O)[C@@H]1CCCCCCC(=O)OCC)SC(C)=O. The Morgan fingerprint density at radius 2 is 1.79 bits per heavy atom. The van der Waals surface area contributed by atoms with Gasteiger partial charge in [0, 0.05) is 30.9 Å². The van der Waals surface area contributed by atoms with E-state index in [9.17, 15) is 14.4 Å². The molecular weight excluding hydrogens is 384 g/mol. The van der Waals surface area contributed by atoms with Gasteiger partial charge in [0.1, 0.15) is 5.78 Å². The summed E-state index contributed by atoms with van der Waals surface area (Å²) in [4.78, 5) is 35.3. The number of thioether (sulfide) groups is 1. The van der Waals surface area contributed by atoms with Crippen molar-refractivity contribution in [1.82, 2.24) is 0 Å². The minimum atomic E-state index is -0.101. The molecule has 168 valence electrons. The van der Waals surface area contributed by atoms with E-state index in [1.807, 2.05) is 6.92 Å². The fraction of sp³-hybridized carbons (Fsp3) is 0.875. The first-order valence-corrected chi connectivity index (χ1v) is 12.7. The molecule has 0 saturated heterocycles. The second kappa shape index (κ2) is 15.9. The number of Topliss-reactive ketones (excluding diaryl/α,β-unsaturated/α-hetero) is 1. The minimum Gasteiger partial charge on any atom is -0.466 e. The van der Waals surface area contributed by atoms with Crippen LogP contribution in [0.15, 0.2) is 0 Å². The standard InChI is InChI=1S/C24H42O4S/c1-4-6-9-12-21(29-19(3)25)17-15-20-16-18-23(26)22(20)13-10-7-8-11-14-24(27)28-5-2/h20-22H,4-18H2,1-3H3/t20-,21?,22+/m0/s1. The van der Waals surface area contributed by atoms with Crippen molar-refractivity contribution in [1.29, 1.82) is 0 Å². The zero-order chi connectivity index (χ0) is 21.5. The number of hydrogen-bond acceptors (Lipinski definition) is 5. The number of ketones is 1. The van der Waals surface area contributed by atoms with E-state index >= 15 is 0 Å². The molecule has 0 radical (unpaired) electrons. The molecule has 3 atom stereocenters. The average molecular weight is 427 g/mol. The highest BCUT2D eigenvalue weighted by Crippen LogP contribution is 2.37. The lowest BCUT2D eigenvalue weighted by molar-refractivity contribution is -0.143. The van der Waals surface area contributed by atoms with Crippen molar-refractivity contribution in [2.45, 2.75) is 116 Å². The van der Waals surface area contributed by atoms with Crippen LogP contribution in [0.4, 0.5) is 0 Å². The molecule has 1 aliphatic carbocycles. The van der Waals surface area contributed by atoms with Crippen LogP contribution in [0, 0.1) is 11.8 Å². The van der Waals surface area contributed by atoms with E-state index in [2.05, 4.69) is 6.92 Å². The summed E-state index contributed by atoms with van der Waals surface area (Å²) in [5.74, 6) is 1.07. The van der Waals surface area contributed by atoms with Crippen LogP contribution in [0.1, 0.15) is 111 Å². The van der Waals surface area contributed by atoms with Crippen LogP contribution < -0.4 is 0 Å². The number of esters is 1. The topological polar surface area (TPSA) is 60.4 Å². The highest BCUT2D eigenvalue weighted by Gasteiger charge is 2.34. The quantitative estimate of drug-likeness (QED) is 0.208. The lowest BCUT2D eigenvalue weighted by Gasteiger charge is -2.21. The summed E-state index contributed by atoms with van der Waals surface area (Å²) >= 11 is 1.51. The molecule has 29 heavy (non-hydrogen) atoms. The summed E-state index contributed by atoms with van der Waals surface area (Å²) in [6.45, 7) is 6.16. The van der Waals surface area contributed by atoms with E-state index in [-0.39, 0.29) is 17.0 Å². The molecule has 0 heterocycles. The van der Waals surface area contributed by atoms with Crippen LogP contribution in [-0.2, 0) is 19.1 Å². The van der Waals surface area contributed by atoms with Gasteiger partial charge < -0.3 is 4.74 Å².